The summed E-state index contributed by atoms with van der Waals surface area (Å²) in [7, 11) is 1.39. The molecule has 0 N–H and O–H groups in total. The second kappa shape index (κ2) is 6.76. The second-order valence-electron chi connectivity index (χ2n) is 5.67. The molecule has 18 heavy (non-hydrogen) atoms. The van der Waals surface area contributed by atoms with Gasteiger partial charge in [0.25, 0.3) is 0 Å². The average molecular weight is 255 g/mol. The van der Waals surface area contributed by atoms with Gasteiger partial charge in [0.2, 0.25) is 5.91 Å². The molecule has 1 fully saturated rings. The van der Waals surface area contributed by atoms with E-state index in [1.54, 1.807) is 0 Å². The summed E-state index contributed by atoms with van der Waals surface area (Å²) in [6, 6.07) is 0. The van der Waals surface area contributed by atoms with E-state index in [1.165, 1.54) is 7.11 Å². The number of ether oxygens (including phenoxy) is 1. The maximum Gasteiger partial charge on any atom is 0.310 e. The molecule has 0 saturated heterocycles. The molecule has 0 aromatic carbocycles. The quantitative estimate of drug-likeness (QED) is 0.654. The number of methoxy groups -OCH3 is 1. The number of hydrogen-bond acceptors (Lipinski definition) is 3. The highest BCUT2D eigenvalue weighted by atomic mass is 16.5. The van der Waals surface area contributed by atoms with Gasteiger partial charge >= 0.3 is 5.97 Å². The van der Waals surface area contributed by atoms with Crippen molar-refractivity contribution in [3.05, 3.63) is 0 Å². The third kappa shape index (κ3) is 4.67. The molecule has 1 aliphatic rings. The molecule has 1 amide bonds. The molecule has 0 aromatic heterocycles. The van der Waals surface area contributed by atoms with E-state index in [1.807, 2.05) is 11.8 Å². The van der Waals surface area contributed by atoms with Crippen LogP contribution in [0.2, 0.25) is 0 Å². The van der Waals surface area contributed by atoms with Crippen molar-refractivity contribution in [1.29, 1.82) is 0 Å². The Morgan fingerprint density at radius 2 is 1.89 bits per heavy atom. The van der Waals surface area contributed by atoms with Gasteiger partial charge in [0, 0.05) is 19.0 Å². The van der Waals surface area contributed by atoms with Crippen LogP contribution in [0.25, 0.3) is 0 Å². The van der Waals surface area contributed by atoms with Gasteiger partial charge in [-0.1, -0.05) is 20.8 Å². The summed E-state index contributed by atoms with van der Waals surface area (Å²) >= 11 is 0. The molecule has 4 heteroatoms. The number of nitrogens with zero attached hydrogens (tertiary/aromatic N) is 1. The van der Waals surface area contributed by atoms with Crippen molar-refractivity contribution in [3.8, 4) is 0 Å². The lowest BCUT2D eigenvalue weighted by Gasteiger charge is -2.26. The first-order chi connectivity index (χ1) is 8.45. The lowest BCUT2D eigenvalue weighted by atomic mass is 10.1. The number of carbonyl (C=O) groups is 2. The van der Waals surface area contributed by atoms with Crippen LogP contribution in [0.5, 0.6) is 0 Å². The summed E-state index contributed by atoms with van der Waals surface area (Å²) in [5.41, 5.74) is 0. The van der Waals surface area contributed by atoms with E-state index in [-0.39, 0.29) is 23.7 Å². The van der Waals surface area contributed by atoms with Gasteiger partial charge in [-0.3, -0.25) is 9.59 Å². The molecule has 0 bridgehead atoms. The largest absolute Gasteiger partial charge is 0.469 e. The third-order valence-electron chi connectivity index (χ3n) is 3.31. The van der Waals surface area contributed by atoms with Crippen LogP contribution in [0.3, 0.4) is 0 Å². The van der Waals surface area contributed by atoms with Crippen LogP contribution >= 0.6 is 0 Å². The third-order valence-corrected chi connectivity index (χ3v) is 3.31. The summed E-state index contributed by atoms with van der Waals surface area (Å²) < 4.78 is 4.72. The molecule has 104 valence electrons. The van der Waals surface area contributed by atoms with E-state index in [0.717, 1.165) is 25.8 Å². The minimum atomic E-state index is -0.245. The summed E-state index contributed by atoms with van der Waals surface area (Å²) in [5, 5.41) is 0. The molecular formula is C14H25NO3. The van der Waals surface area contributed by atoms with Gasteiger partial charge in [-0.25, -0.2) is 0 Å². The fourth-order valence-corrected chi connectivity index (χ4v) is 1.90. The zero-order valence-corrected chi connectivity index (χ0v) is 11.9. The molecule has 0 radical (unpaired) electrons. The summed E-state index contributed by atoms with van der Waals surface area (Å²) in [6.07, 6.45) is 2.99. The van der Waals surface area contributed by atoms with Gasteiger partial charge in [0.15, 0.2) is 0 Å². The molecule has 1 unspecified atom stereocenters. The van der Waals surface area contributed by atoms with E-state index < -0.39 is 0 Å². The monoisotopic (exact) mass is 255 g/mol. The highest BCUT2D eigenvalue weighted by molar-refractivity contribution is 5.82. The van der Waals surface area contributed by atoms with Gasteiger partial charge in [-0.05, 0) is 25.2 Å². The van der Waals surface area contributed by atoms with Crippen LogP contribution in [0, 0.1) is 17.8 Å². The lowest BCUT2D eigenvalue weighted by molar-refractivity contribution is -0.146. The Hall–Kier alpha value is -1.06. The van der Waals surface area contributed by atoms with E-state index >= 15 is 0 Å². The van der Waals surface area contributed by atoms with E-state index in [0.29, 0.717) is 12.5 Å². The number of carbonyl (C=O) groups excluding carboxylic acids is 2. The number of rotatable bonds is 7. The predicted octanol–water partition coefficient (Wildman–Crippen LogP) is 2.08. The SMILES string of the molecule is COC(=O)C(C)CN(CCC(C)C)C(=O)C1CC1. The maximum absolute atomic E-state index is 12.1. The highest BCUT2D eigenvalue weighted by Gasteiger charge is 2.34. The van der Waals surface area contributed by atoms with Crippen molar-refractivity contribution in [3.63, 3.8) is 0 Å². The summed E-state index contributed by atoms with van der Waals surface area (Å²) in [4.78, 5) is 25.4. The average Bonchev–Trinajstić information content (AvgIpc) is 3.15. The number of hydrogen-bond donors (Lipinski definition) is 0. The Balaban J connectivity index is 2.53. The normalized spacial score (nSPS) is 16.5. The smallest absolute Gasteiger partial charge is 0.310 e. The van der Waals surface area contributed by atoms with E-state index in [2.05, 4.69) is 13.8 Å². The summed E-state index contributed by atoms with van der Waals surface area (Å²) in [6.45, 7) is 7.32. The Morgan fingerprint density at radius 3 is 2.33 bits per heavy atom. The van der Waals surface area contributed by atoms with Crippen molar-refractivity contribution in [2.75, 3.05) is 20.2 Å². The minimum absolute atomic E-state index is 0.210. The molecule has 0 aromatic rings. The first-order valence-electron chi connectivity index (χ1n) is 6.82. The molecule has 1 saturated carbocycles. The van der Waals surface area contributed by atoms with Crippen LogP contribution in [-0.2, 0) is 14.3 Å². The first-order valence-corrected chi connectivity index (χ1v) is 6.82. The van der Waals surface area contributed by atoms with E-state index in [9.17, 15) is 9.59 Å². The van der Waals surface area contributed by atoms with Gasteiger partial charge in [0.1, 0.15) is 0 Å². The van der Waals surface area contributed by atoms with Gasteiger partial charge in [0.05, 0.1) is 13.0 Å². The van der Waals surface area contributed by atoms with Crippen LogP contribution in [0.15, 0.2) is 0 Å². The fraction of sp³-hybridized carbons (Fsp3) is 0.857. The molecule has 1 aliphatic carbocycles. The Kier molecular flexibility index (Phi) is 5.63. The summed E-state index contributed by atoms with van der Waals surface area (Å²) in [5.74, 6) is 0.499. The molecule has 4 nitrogen and oxygen atoms in total. The highest BCUT2D eigenvalue weighted by Crippen LogP contribution is 2.31. The number of amides is 1. The minimum Gasteiger partial charge on any atom is -0.469 e. The maximum atomic E-state index is 12.1. The topological polar surface area (TPSA) is 46.6 Å². The molecule has 1 atom stereocenters. The van der Waals surface area contributed by atoms with Crippen molar-refractivity contribution in [2.45, 2.75) is 40.0 Å². The van der Waals surface area contributed by atoms with Crippen LogP contribution in [0.1, 0.15) is 40.0 Å². The predicted molar refractivity (Wildman–Crippen MR) is 69.9 cm³/mol. The Labute approximate surface area is 110 Å². The molecule has 0 aliphatic heterocycles. The van der Waals surface area contributed by atoms with Crippen LogP contribution in [0.4, 0.5) is 0 Å². The van der Waals surface area contributed by atoms with Crippen molar-refractivity contribution < 1.29 is 14.3 Å². The van der Waals surface area contributed by atoms with Gasteiger partial charge < -0.3 is 9.64 Å². The fourth-order valence-electron chi connectivity index (χ4n) is 1.90. The molecular weight excluding hydrogens is 230 g/mol. The standard InChI is InChI=1S/C14H25NO3/c1-10(2)7-8-15(13(16)12-5-6-12)9-11(3)14(17)18-4/h10-12H,5-9H2,1-4H3. The van der Waals surface area contributed by atoms with Gasteiger partial charge in [-0.15, -0.1) is 0 Å². The zero-order valence-electron chi connectivity index (χ0n) is 11.9. The zero-order chi connectivity index (χ0) is 13.7. The second-order valence-corrected chi connectivity index (χ2v) is 5.67. The van der Waals surface area contributed by atoms with Gasteiger partial charge in [-0.2, -0.15) is 0 Å². The van der Waals surface area contributed by atoms with Crippen molar-refractivity contribution >= 4 is 11.9 Å². The Morgan fingerprint density at radius 1 is 1.28 bits per heavy atom. The Bertz CT molecular complexity index is 297. The molecule has 0 heterocycles. The van der Waals surface area contributed by atoms with Crippen LogP contribution < -0.4 is 0 Å². The first kappa shape index (κ1) is 15.0. The number of esters is 1. The van der Waals surface area contributed by atoms with E-state index in [4.69, 9.17) is 4.74 Å². The van der Waals surface area contributed by atoms with Crippen molar-refractivity contribution in [1.82, 2.24) is 4.90 Å². The molecule has 1 rings (SSSR count). The van der Waals surface area contributed by atoms with Crippen LogP contribution in [-0.4, -0.2) is 37.0 Å². The lowest BCUT2D eigenvalue weighted by Crippen LogP contribution is -2.39. The molecule has 0 spiro atoms. The van der Waals surface area contributed by atoms with Crippen molar-refractivity contribution in [2.24, 2.45) is 17.8 Å².